The van der Waals surface area contributed by atoms with Crippen LogP contribution in [0.25, 0.3) is 0 Å². The summed E-state index contributed by atoms with van der Waals surface area (Å²) in [4.78, 5) is 18.2. The molecule has 0 spiro atoms. The first-order valence-corrected chi connectivity index (χ1v) is 9.92. The molecule has 1 amide bonds. The van der Waals surface area contributed by atoms with Crippen LogP contribution in [0.5, 0.6) is 0 Å². The largest absolute Gasteiger partial charge is 0.469 e. The molecule has 9 heteroatoms. The summed E-state index contributed by atoms with van der Waals surface area (Å²) < 4.78 is 43.6. The van der Waals surface area contributed by atoms with E-state index in [9.17, 15) is 18.0 Å². The Morgan fingerprint density at radius 3 is 2.72 bits per heavy atom. The van der Waals surface area contributed by atoms with Gasteiger partial charge in [0, 0.05) is 37.7 Å². The molecule has 0 saturated carbocycles. The van der Waals surface area contributed by atoms with Gasteiger partial charge in [-0.3, -0.25) is 4.79 Å². The van der Waals surface area contributed by atoms with Gasteiger partial charge in [0.1, 0.15) is 11.6 Å². The van der Waals surface area contributed by atoms with E-state index in [0.717, 1.165) is 30.9 Å². The highest BCUT2D eigenvalue weighted by atomic mass is 35.5. The molecule has 158 valence electrons. The average Bonchev–Trinajstić information content (AvgIpc) is 3.19. The van der Waals surface area contributed by atoms with Crippen LogP contribution in [0.1, 0.15) is 37.5 Å². The van der Waals surface area contributed by atoms with E-state index in [4.69, 9.17) is 16.0 Å². The van der Waals surface area contributed by atoms with Gasteiger partial charge in [0.15, 0.2) is 0 Å². The highest BCUT2D eigenvalue weighted by Gasteiger charge is 2.33. The number of carbonyl (C=O) groups excluding carboxylic acids is 1. The van der Waals surface area contributed by atoms with E-state index in [1.165, 1.54) is 0 Å². The maximum absolute atomic E-state index is 12.8. The molecule has 0 radical (unpaired) electrons. The molecule has 0 bridgehead atoms. The lowest BCUT2D eigenvalue weighted by Gasteiger charge is -2.33. The molecule has 1 atom stereocenters. The highest BCUT2D eigenvalue weighted by molar-refractivity contribution is 6.33. The lowest BCUT2D eigenvalue weighted by molar-refractivity contribution is -0.137. The quantitative estimate of drug-likeness (QED) is 0.723. The summed E-state index contributed by atoms with van der Waals surface area (Å²) in [6.45, 7) is 2.98. The molecule has 1 N–H and O–H groups in total. The van der Waals surface area contributed by atoms with Crippen LogP contribution in [0, 0.1) is 5.92 Å². The summed E-state index contributed by atoms with van der Waals surface area (Å²) >= 11 is 6.02. The molecule has 1 saturated heterocycles. The minimum absolute atomic E-state index is 0.00284. The van der Waals surface area contributed by atoms with Crippen LogP contribution in [-0.2, 0) is 17.4 Å². The third kappa shape index (κ3) is 5.65. The van der Waals surface area contributed by atoms with Crippen molar-refractivity contribution in [3.63, 3.8) is 0 Å². The number of piperidine rings is 1. The number of rotatable bonds is 6. The third-order valence-corrected chi connectivity index (χ3v) is 5.39. The molecule has 0 aliphatic carbocycles. The Kier molecular flexibility index (Phi) is 6.72. The van der Waals surface area contributed by atoms with E-state index in [2.05, 4.69) is 10.3 Å². The Morgan fingerprint density at radius 1 is 1.41 bits per heavy atom. The van der Waals surface area contributed by atoms with E-state index >= 15 is 0 Å². The van der Waals surface area contributed by atoms with Crippen LogP contribution >= 0.6 is 11.6 Å². The summed E-state index contributed by atoms with van der Waals surface area (Å²) in [7, 11) is 0. The summed E-state index contributed by atoms with van der Waals surface area (Å²) in [6.07, 6.45) is 0.665. The number of alkyl halides is 3. The molecule has 3 rings (SSSR count). The first kappa shape index (κ1) is 21.5. The van der Waals surface area contributed by atoms with E-state index in [1.807, 2.05) is 24.0 Å². The first-order chi connectivity index (χ1) is 13.7. The van der Waals surface area contributed by atoms with Crippen LogP contribution in [0.15, 0.2) is 35.1 Å². The monoisotopic (exact) mass is 429 g/mol. The molecule has 3 heterocycles. The minimum Gasteiger partial charge on any atom is -0.469 e. The van der Waals surface area contributed by atoms with Gasteiger partial charge < -0.3 is 14.6 Å². The molecular weight excluding hydrogens is 407 g/mol. The van der Waals surface area contributed by atoms with Crippen LogP contribution in [-0.4, -0.2) is 30.0 Å². The molecule has 0 aromatic carbocycles. The lowest BCUT2D eigenvalue weighted by atomic mass is 9.95. The van der Waals surface area contributed by atoms with Gasteiger partial charge in [0.2, 0.25) is 5.91 Å². The molecule has 1 aliphatic rings. The molecular formula is C20H23ClF3N3O2. The maximum atomic E-state index is 12.8. The smallest absolute Gasteiger partial charge is 0.417 e. The van der Waals surface area contributed by atoms with Crippen molar-refractivity contribution in [3.8, 4) is 0 Å². The number of nitrogens with zero attached hydrogens (tertiary/aromatic N) is 2. The van der Waals surface area contributed by atoms with E-state index in [0.29, 0.717) is 31.7 Å². The van der Waals surface area contributed by atoms with Gasteiger partial charge in [0.25, 0.3) is 0 Å². The number of aryl methyl sites for hydroxylation is 1. The van der Waals surface area contributed by atoms with Crippen molar-refractivity contribution >= 4 is 23.3 Å². The summed E-state index contributed by atoms with van der Waals surface area (Å²) in [5, 5.41) is 3.00. The Morgan fingerprint density at radius 2 is 2.14 bits per heavy atom. The zero-order chi connectivity index (χ0) is 21.0. The van der Waals surface area contributed by atoms with Crippen LogP contribution in [0.4, 0.5) is 19.0 Å². The molecule has 2 aromatic heterocycles. The number of pyridine rings is 1. The van der Waals surface area contributed by atoms with Crippen molar-refractivity contribution in [1.82, 2.24) is 10.3 Å². The first-order valence-electron chi connectivity index (χ1n) is 9.54. The number of hydrogen-bond donors (Lipinski definition) is 1. The molecule has 2 aromatic rings. The van der Waals surface area contributed by atoms with Gasteiger partial charge in [-0.1, -0.05) is 11.6 Å². The third-order valence-electron chi connectivity index (χ3n) is 5.11. The standard InChI is InChI=1S/C20H23ClF3N3O2/c1-13(4-5-16-3-2-10-29-16)26-19(28)14-6-8-27(9-7-14)18-17(21)11-15(12-25-18)20(22,23)24/h2-3,10-14H,4-9H2,1H3,(H,26,28). The number of hydrogen-bond acceptors (Lipinski definition) is 4. The Hall–Kier alpha value is -2.22. The van der Waals surface area contributed by atoms with Gasteiger partial charge in [-0.15, -0.1) is 0 Å². The van der Waals surface area contributed by atoms with Gasteiger partial charge in [0.05, 0.1) is 16.8 Å². The van der Waals surface area contributed by atoms with Crippen molar-refractivity contribution in [2.45, 2.75) is 44.8 Å². The van der Waals surface area contributed by atoms with Gasteiger partial charge in [-0.2, -0.15) is 13.2 Å². The number of anilines is 1. The SMILES string of the molecule is CC(CCc1ccco1)NC(=O)C1CCN(c2ncc(C(F)(F)F)cc2Cl)CC1. The van der Waals surface area contributed by atoms with Crippen molar-refractivity contribution in [1.29, 1.82) is 0 Å². The van der Waals surface area contributed by atoms with Crippen molar-refractivity contribution in [2.75, 3.05) is 18.0 Å². The van der Waals surface area contributed by atoms with Gasteiger partial charge in [-0.05, 0) is 44.4 Å². The number of furan rings is 1. The van der Waals surface area contributed by atoms with E-state index in [-0.39, 0.29) is 22.9 Å². The second kappa shape index (κ2) is 9.07. The Labute approximate surface area is 172 Å². The van der Waals surface area contributed by atoms with Crippen molar-refractivity contribution in [3.05, 3.63) is 47.0 Å². The number of amides is 1. The van der Waals surface area contributed by atoms with Crippen molar-refractivity contribution in [2.24, 2.45) is 5.92 Å². The predicted molar refractivity (Wildman–Crippen MR) is 104 cm³/mol. The lowest BCUT2D eigenvalue weighted by Crippen LogP contribution is -2.43. The number of halogens is 4. The molecule has 1 aliphatic heterocycles. The number of carbonyl (C=O) groups is 1. The van der Waals surface area contributed by atoms with Gasteiger partial charge >= 0.3 is 6.18 Å². The Bertz CT molecular complexity index is 819. The normalized spacial score (nSPS) is 16.7. The summed E-state index contributed by atoms with van der Waals surface area (Å²) in [5.74, 6) is 1.08. The fourth-order valence-electron chi connectivity index (χ4n) is 3.42. The van der Waals surface area contributed by atoms with Gasteiger partial charge in [-0.25, -0.2) is 4.98 Å². The fourth-order valence-corrected chi connectivity index (χ4v) is 3.70. The number of nitrogens with one attached hydrogen (secondary N) is 1. The zero-order valence-corrected chi connectivity index (χ0v) is 16.8. The predicted octanol–water partition coefficient (Wildman–Crippen LogP) is 4.70. The Balaban J connectivity index is 1.49. The topological polar surface area (TPSA) is 58.4 Å². The zero-order valence-electron chi connectivity index (χ0n) is 16.0. The molecule has 29 heavy (non-hydrogen) atoms. The summed E-state index contributed by atoms with van der Waals surface area (Å²) in [5.41, 5.74) is -0.871. The second-order valence-corrected chi connectivity index (χ2v) is 7.72. The second-order valence-electron chi connectivity index (χ2n) is 7.32. The molecule has 1 unspecified atom stereocenters. The summed E-state index contributed by atoms with van der Waals surface area (Å²) in [6, 6.07) is 4.66. The molecule has 1 fully saturated rings. The highest BCUT2D eigenvalue weighted by Crippen LogP contribution is 2.34. The van der Waals surface area contributed by atoms with Crippen LogP contribution < -0.4 is 10.2 Å². The fraction of sp³-hybridized carbons (Fsp3) is 0.500. The average molecular weight is 430 g/mol. The van der Waals surface area contributed by atoms with Crippen LogP contribution in [0.2, 0.25) is 5.02 Å². The minimum atomic E-state index is -4.48. The maximum Gasteiger partial charge on any atom is 0.417 e. The number of aromatic nitrogens is 1. The van der Waals surface area contributed by atoms with Crippen LogP contribution in [0.3, 0.4) is 0 Å². The van der Waals surface area contributed by atoms with Crippen molar-refractivity contribution < 1.29 is 22.4 Å². The molecule has 5 nitrogen and oxygen atoms in total. The van der Waals surface area contributed by atoms with E-state index in [1.54, 1.807) is 6.26 Å². The van der Waals surface area contributed by atoms with E-state index < -0.39 is 11.7 Å².